The number of fused-ring (bicyclic) bond motifs is 1. The van der Waals surface area contributed by atoms with E-state index in [1.165, 1.54) is 27.1 Å². The highest BCUT2D eigenvalue weighted by molar-refractivity contribution is 7.98. The number of hydrogen-bond donors (Lipinski definition) is 1. The summed E-state index contributed by atoms with van der Waals surface area (Å²) in [4.78, 5) is 26.0. The molecule has 170 valence electrons. The fourth-order valence-corrected chi connectivity index (χ4v) is 5.83. The Hall–Kier alpha value is -2.56. The minimum atomic E-state index is -3.67. The number of hydrogen-bond acceptors (Lipinski definition) is 6. The van der Waals surface area contributed by atoms with Gasteiger partial charge >= 0.3 is 5.76 Å². The van der Waals surface area contributed by atoms with E-state index in [0.717, 1.165) is 30.6 Å². The Kier molecular flexibility index (Phi) is 6.73. The quantitative estimate of drug-likeness (QED) is 0.548. The number of nitrogens with one attached hydrogen (secondary N) is 1. The Balaban J connectivity index is 1.57. The Labute approximate surface area is 190 Å². The average Bonchev–Trinajstić information content (AvgIpc) is 2.95. The van der Waals surface area contributed by atoms with Crippen molar-refractivity contribution >= 4 is 44.5 Å². The van der Waals surface area contributed by atoms with Crippen molar-refractivity contribution in [3.63, 3.8) is 0 Å². The van der Waals surface area contributed by atoms with Crippen LogP contribution in [0.4, 0.5) is 5.69 Å². The van der Waals surface area contributed by atoms with Gasteiger partial charge in [-0.25, -0.2) is 13.2 Å². The fraction of sp³-hybridized carbons (Fsp3) is 0.364. The van der Waals surface area contributed by atoms with Crippen molar-refractivity contribution in [3.05, 3.63) is 53.0 Å². The average molecular weight is 476 g/mol. The van der Waals surface area contributed by atoms with E-state index in [1.54, 1.807) is 17.8 Å². The molecule has 0 aliphatic carbocycles. The van der Waals surface area contributed by atoms with Gasteiger partial charge in [0.25, 0.3) is 0 Å². The molecule has 1 saturated heterocycles. The molecule has 1 N–H and O–H groups in total. The summed E-state index contributed by atoms with van der Waals surface area (Å²) in [5.74, 6) is -1.09. The third-order valence-electron chi connectivity index (χ3n) is 5.50. The number of rotatable bonds is 6. The molecule has 32 heavy (non-hydrogen) atoms. The normalized spacial score (nSPS) is 15.5. The molecule has 0 bridgehead atoms. The van der Waals surface area contributed by atoms with Crippen molar-refractivity contribution in [2.45, 2.75) is 42.0 Å². The zero-order valence-corrected chi connectivity index (χ0v) is 19.4. The Morgan fingerprint density at radius 1 is 1.09 bits per heavy atom. The van der Waals surface area contributed by atoms with Gasteiger partial charge in [-0.2, -0.15) is 4.31 Å². The number of sulfonamides is 1. The standard InChI is InChI=1S/C22H25N3O5S2/c1-31-17-8-6-7-16(13-17)23-21(26)15-25-19-10-9-18(14-20(19)30-22(25)27)32(28,29)24-11-4-2-3-5-12-24/h6-10,13-14H,2-5,11-12,15H2,1H3,(H,23,26). The Bertz CT molecular complexity index is 1290. The van der Waals surface area contributed by atoms with Crippen LogP contribution in [-0.2, 0) is 21.4 Å². The fourth-order valence-electron chi connectivity index (χ4n) is 3.83. The van der Waals surface area contributed by atoms with Gasteiger partial charge in [-0.3, -0.25) is 9.36 Å². The molecular weight excluding hydrogens is 450 g/mol. The molecule has 1 amide bonds. The molecule has 1 aliphatic heterocycles. The predicted octanol–water partition coefficient (Wildman–Crippen LogP) is 3.52. The molecule has 1 aromatic heterocycles. The highest BCUT2D eigenvalue weighted by Crippen LogP contribution is 2.24. The van der Waals surface area contributed by atoms with Crippen molar-refractivity contribution in [2.75, 3.05) is 24.7 Å². The van der Waals surface area contributed by atoms with E-state index < -0.39 is 15.8 Å². The first-order chi connectivity index (χ1) is 15.4. The maximum atomic E-state index is 13.0. The molecule has 0 saturated carbocycles. The molecule has 0 radical (unpaired) electrons. The number of oxazole rings is 1. The molecule has 4 rings (SSSR count). The van der Waals surface area contributed by atoms with Gasteiger partial charge in [0.1, 0.15) is 6.54 Å². The van der Waals surface area contributed by atoms with Gasteiger partial charge in [0, 0.05) is 29.7 Å². The number of thioether (sulfide) groups is 1. The molecule has 8 nitrogen and oxygen atoms in total. The van der Waals surface area contributed by atoms with Crippen molar-refractivity contribution in [3.8, 4) is 0 Å². The molecule has 2 heterocycles. The molecule has 1 aliphatic rings. The molecule has 3 aromatic rings. The highest BCUT2D eigenvalue weighted by atomic mass is 32.2. The van der Waals surface area contributed by atoms with Gasteiger partial charge in [-0.05, 0) is 49.4 Å². The zero-order chi connectivity index (χ0) is 22.7. The molecule has 2 aromatic carbocycles. The summed E-state index contributed by atoms with van der Waals surface area (Å²) in [6.45, 7) is 0.736. The van der Waals surface area contributed by atoms with Crippen LogP contribution >= 0.6 is 11.8 Å². The topological polar surface area (TPSA) is 102 Å². The number of carbonyl (C=O) groups excluding carboxylic acids is 1. The van der Waals surface area contributed by atoms with Gasteiger partial charge in [-0.1, -0.05) is 18.9 Å². The van der Waals surface area contributed by atoms with Crippen LogP contribution in [0.1, 0.15) is 25.7 Å². The van der Waals surface area contributed by atoms with E-state index in [-0.39, 0.29) is 22.9 Å². The van der Waals surface area contributed by atoms with Gasteiger partial charge in [0.15, 0.2) is 5.58 Å². The van der Waals surface area contributed by atoms with E-state index >= 15 is 0 Å². The van der Waals surface area contributed by atoms with E-state index in [4.69, 9.17) is 4.42 Å². The second-order valence-electron chi connectivity index (χ2n) is 7.68. The van der Waals surface area contributed by atoms with Crippen LogP contribution in [0.5, 0.6) is 0 Å². The van der Waals surface area contributed by atoms with Crippen LogP contribution in [0.2, 0.25) is 0 Å². The van der Waals surface area contributed by atoms with Crippen molar-refractivity contribution in [1.29, 1.82) is 0 Å². The number of carbonyl (C=O) groups is 1. The largest absolute Gasteiger partial charge is 0.420 e. The first kappa shape index (κ1) is 22.6. The highest BCUT2D eigenvalue weighted by Gasteiger charge is 2.26. The summed E-state index contributed by atoms with van der Waals surface area (Å²) in [6.07, 6.45) is 5.65. The van der Waals surface area contributed by atoms with Crippen LogP contribution in [0.25, 0.3) is 11.1 Å². The third kappa shape index (κ3) is 4.77. The SMILES string of the molecule is CSc1cccc(NC(=O)Cn2c(=O)oc3cc(S(=O)(=O)N4CCCCCC4)ccc32)c1. The Morgan fingerprint density at radius 2 is 1.84 bits per heavy atom. The first-order valence-electron chi connectivity index (χ1n) is 10.5. The second-order valence-corrected chi connectivity index (χ2v) is 10.5. The second kappa shape index (κ2) is 9.51. The number of benzene rings is 2. The molecular formula is C22H25N3O5S2. The van der Waals surface area contributed by atoms with Gasteiger partial charge in [0.2, 0.25) is 15.9 Å². The Morgan fingerprint density at radius 3 is 2.56 bits per heavy atom. The number of aromatic nitrogens is 1. The minimum absolute atomic E-state index is 0.0890. The summed E-state index contributed by atoms with van der Waals surface area (Å²) < 4.78 is 34.1. The molecule has 10 heteroatoms. The molecule has 0 spiro atoms. The smallest absolute Gasteiger partial charge is 0.408 e. The van der Waals surface area contributed by atoms with Crippen LogP contribution in [-0.4, -0.2) is 42.5 Å². The summed E-state index contributed by atoms with van der Waals surface area (Å²) >= 11 is 1.56. The van der Waals surface area contributed by atoms with E-state index in [2.05, 4.69) is 5.32 Å². The lowest BCUT2D eigenvalue weighted by Crippen LogP contribution is -2.31. The van der Waals surface area contributed by atoms with Gasteiger partial charge < -0.3 is 9.73 Å². The van der Waals surface area contributed by atoms with E-state index in [1.807, 2.05) is 24.5 Å². The van der Waals surface area contributed by atoms with Crippen molar-refractivity contribution in [1.82, 2.24) is 8.87 Å². The maximum absolute atomic E-state index is 13.0. The first-order valence-corrected chi connectivity index (χ1v) is 13.1. The molecule has 0 atom stereocenters. The molecule has 1 fully saturated rings. The number of nitrogens with zero attached hydrogens (tertiary/aromatic N) is 2. The van der Waals surface area contributed by atoms with Crippen LogP contribution in [0.3, 0.4) is 0 Å². The monoisotopic (exact) mass is 475 g/mol. The number of anilines is 1. The summed E-state index contributed by atoms with van der Waals surface area (Å²) in [7, 11) is -3.67. The summed E-state index contributed by atoms with van der Waals surface area (Å²) in [6, 6.07) is 11.7. The van der Waals surface area contributed by atoms with Crippen LogP contribution < -0.4 is 11.1 Å². The summed E-state index contributed by atoms with van der Waals surface area (Å²) in [5.41, 5.74) is 1.15. The van der Waals surface area contributed by atoms with Gasteiger partial charge in [-0.15, -0.1) is 11.8 Å². The lowest BCUT2D eigenvalue weighted by Gasteiger charge is -2.19. The maximum Gasteiger partial charge on any atom is 0.420 e. The lowest BCUT2D eigenvalue weighted by molar-refractivity contribution is -0.116. The number of amides is 1. The van der Waals surface area contributed by atoms with Crippen molar-refractivity contribution < 1.29 is 17.6 Å². The minimum Gasteiger partial charge on any atom is -0.408 e. The third-order valence-corrected chi connectivity index (χ3v) is 8.12. The molecule has 0 unspecified atom stereocenters. The predicted molar refractivity (Wildman–Crippen MR) is 125 cm³/mol. The summed E-state index contributed by atoms with van der Waals surface area (Å²) in [5, 5.41) is 2.78. The van der Waals surface area contributed by atoms with Crippen LogP contribution in [0, 0.1) is 0 Å². The van der Waals surface area contributed by atoms with Gasteiger partial charge in [0.05, 0.1) is 10.4 Å². The van der Waals surface area contributed by atoms with Crippen LogP contribution in [0.15, 0.2) is 61.5 Å². The zero-order valence-electron chi connectivity index (χ0n) is 17.7. The van der Waals surface area contributed by atoms with E-state index in [9.17, 15) is 18.0 Å². The van der Waals surface area contributed by atoms with E-state index in [0.29, 0.717) is 24.3 Å². The van der Waals surface area contributed by atoms with Crippen molar-refractivity contribution in [2.24, 2.45) is 0 Å². The lowest BCUT2D eigenvalue weighted by atomic mass is 10.2.